The highest BCUT2D eigenvalue weighted by atomic mass is 32.2. The lowest BCUT2D eigenvalue weighted by Gasteiger charge is -2.11. The van der Waals surface area contributed by atoms with Crippen LogP contribution in [0.2, 0.25) is 0 Å². The van der Waals surface area contributed by atoms with E-state index in [0.717, 1.165) is 28.7 Å². The fraction of sp³-hybridized carbons (Fsp3) is 0.263. The van der Waals surface area contributed by atoms with Gasteiger partial charge in [0.25, 0.3) is 0 Å². The van der Waals surface area contributed by atoms with Gasteiger partial charge in [0.1, 0.15) is 0 Å². The molecule has 7 heteroatoms. The number of hydrogen-bond donors (Lipinski definition) is 1. The summed E-state index contributed by atoms with van der Waals surface area (Å²) in [7, 11) is 0. The number of nitrogens with one attached hydrogen (secondary N) is 1. The second-order valence-corrected chi connectivity index (χ2v) is 7.34. The Hall–Kier alpha value is -2.67. The fourth-order valence-corrected chi connectivity index (χ4v) is 4.40. The number of rotatable bonds is 5. The minimum absolute atomic E-state index is 0.103. The Morgan fingerprint density at radius 3 is 3.04 bits per heavy atom. The van der Waals surface area contributed by atoms with Crippen LogP contribution >= 0.6 is 11.8 Å². The highest BCUT2D eigenvalue weighted by Gasteiger charge is 2.23. The van der Waals surface area contributed by atoms with E-state index in [-0.39, 0.29) is 5.91 Å². The van der Waals surface area contributed by atoms with Crippen LogP contribution in [0.4, 0.5) is 5.69 Å². The number of carbonyl (C=O) groups is 1. The number of aromatic nitrogens is 4. The monoisotopic (exact) mass is 365 g/mol. The van der Waals surface area contributed by atoms with Crippen LogP contribution in [0, 0.1) is 0 Å². The maximum Gasteiger partial charge on any atom is 0.221 e. The van der Waals surface area contributed by atoms with Crippen molar-refractivity contribution in [3.63, 3.8) is 0 Å². The molecule has 1 heterocycles. The zero-order chi connectivity index (χ0) is 17.9. The van der Waals surface area contributed by atoms with Crippen LogP contribution in [0.5, 0.6) is 0 Å². The molecule has 0 radical (unpaired) electrons. The molecule has 0 bridgehead atoms. The van der Waals surface area contributed by atoms with E-state index in [1.54, 1.807) is 16.4 Å². The molecule has 0 saturated carbocycles. The third kappa shape index (κ3) is 3.48. The minimum Gasteiger partial charge on any atom is -0.326 e. The number of nitrogens with zero attached hydrogens (tertiary/aromatic N) is 4. The van der Waals surface area contributed by atoms with Crippen LogP contribution in [0.1, 0.15) is 30.4 Å². The number of thioether (sulfide) groups is 1. The maximum atomic E-state index is 11.3. The summed E-state index contributed by atoms with van der Waals surface area (Å²) < 4.78 is 1.72. The number of tetrazole rings is 1. The highest BCUT2D eigenvalue weighted by molar-refractivity contribution is 7.99. The molecule has 1 aromatic heterocycles. The molecule has 1 atom stereocenters. The summed E-state index contributed by atoms with van der Waals surface area (Å²) in [5.74, 6) is 1.38. The number of anilines is 1. The SMILES string of the molecule is CC(=O)Nc1cccc(-n2nnnc2SC[C@H]2CCc3ccccc32)c1. The number of carbonyl (C=O) groups excluding carboxylic acids is 1. The van der Waals surface area contributed by atoms with Gasteiger partial charge in [-0.15, -0.1) is 5.10 Å². The molecule has 0 unspecified atom stereocenters. The maximum absolute atomic E-state index is 11.3. The van der Waals surface area contributed by atoms with E-state index >= 15 is 0 Å². The normalized spacial score (nSPS) is 15.7. The Bertz CT molecular complexity index is 939. The Kier molecular flexibility index (Phi) is 4.71. The first-order valence-electron chi connectivity index (χ1n) is 8.58. The van der Waals surface area contributed by atoms with Gasteiger partial charge in [-0.05, 0) is 58.5 Å². The van der Waals surface area contributed by atoms with Gasteiger partial charge in [-0.25, -0.2) is 0 Å². The molecule has 1 aliphatic rings. The Morgan fingerprint density at radius 2 is 2.15 bits per heavy atom. The zero-order valence-corrected chi connectivity index (χ0v) is 15.2. The first kappa shape index (κ1) is 16.8. The molecule has 26 heavy (non-hydrogen) atoms. The number of fused-ring (bicyclic) bond motifs is 1. The molecule has 1 N–H and O–H groups in total. The molecular formula is C19H19N5OS. The molecule has 4 rings (SSSR count). The van der Waals surface area contributed by atoms with E-state index in [4.69, 9.17) is 0 Å². The fourth-order valence-electron chi connectivity index (χ4n) is 3.34. The molecule has 6 nitrogen and oxygen atoms in total. The molecule has 3 aromatic rings. The molecule has 2 aromatic carbocycles. The van der Waals surface area contributed by atoms with Crippen LogP contribution in [-0.2, 0) is 11.2 Å². The average Bonchev–Trinajstić information content (AvgIpc) is 3.26. The van der Waals surface area contributed by atoms with Crippen molar-refractivity contribution in [1.82, 2.24) is 20.2 Å². The number of aryl methyl sites for hydroxylation is 1. The van der Waals surface area contributed by atoms with Crippen LogP contribution in [0.3, 0.4) is 0 Å². The summed E-state index contributed by atoms with van der Waals surface area (Å²) in [4.78, 5) is 11.3. The Balaban J connectivity index is 1.50. The first-order chi connectivity index (χ1) is 12.7. The number of benzene rings is 2. The van der Waals surface area contributed by atoms with Gasteiger partial charge in [0.15, 0.2) is 0 Å². The summed E-state index contributed by atoms with van der Waals surface area (Å²) >= 11 is 1.67. The van der Waals surface area contributed by atoms with Crippen LogP contribution in [0.15, 0.2) is 53.7 Å². The smallest absolute Gasteiger partial charge is 0.221 e. The summed E-state index contributed by atoms with van der Waals surface area (Å²) in [5, 5.41) is 15.7. The van der Waals surface area contributed by atoms with E-state index in [0.29, 0.717) is 5.92 Å². The van der Waals surface area contributed by atoms with Crippen molar-refractivity contribution in [3.8, 4) is 5.69 Å². The van der Waals surface area contributed by atoms with Gasteiger partial charge in [0.05, 0.1) is 5.69 Å². The van der Waals surface area contributed by atoms with Gasteiger partial charge in [0, 0.05) is 18.4 Å². The lowest BCUT2D eigenvalue weighted by atomic mass is 10.0. The van der Waals surface area contributed by atoms with Crippen LogP contribution < -0.4 is 5.32 Å². The van der Waals surface area contributed by atoms with Gasteiger partial charge in [-0.2, -0.15) is 4.68 Å². The Labute approximate surface area is 156 Å². The van der Waals surface area contributed by atoms with E-state index < -0.39 is 0 Å². The average molecular weight is 365 g/mol. The second-order valence-electron chi connectivity index (χ2n) is 6.35. The van der Waals surface area contributed by atoms with Crippen LogP contribution in [0.25, 0.3) is 5.69 Å². The Morgan fingerprint density at radius 1 is 1.27 bits per heavy atom. The summed E-state index contributed by atoms with van der Waals surface area (Å²) in [6.07, 6.45) is 2.32. The molecule has 0 spiro atoms. The van der Waals surface area contributed by atoms with Gasteiger partial charge < -0.3 is 5.32 Å². The van der Waals surface area contributed by atoms with Crippen molar-refractivity contribution in [1.29, 1.82) is 0 Å². The van der Waals surface area contributed by atoms with Gasteiger partial charge in [-0.3, -0.25) is 4.79 Å². The van der Waals surface area contributed by atoms with Gasteiger partial charge in [0.2, 0.25) is 11.1 Å². The third-order valence-corrected chi connectivity index (χ3v) is 5.60. The number of hydrogen-bond acceptors (Lipinski definition) is 5. The summed E-state index contributed by atoms with van der Waals surface area (Å²) in [5.41, 5.74) is 4.47. The quantitative estimate of drug-likeness (QED) is 0.701. The first-order valence-corrected chi connectivity index (χ1v) is 9.56. The van der Waals surface area contributed by atoms with Crippen molar-refractivity contribution in [2.24, 2.45) is 0 Å². The molecular weight excluding hydrogens is 346 g/mol. The van der Waals surface area contributed by atoms with E-state index in [1.807, 2.05) is 24.3 Å². The molecule has 0 saturated heterocycles. The van der Waals surface area contributed by atoms with E-state index in [9.17, 15) is 4.79 Å². The molecule has 132 valence electrons. The summed E-state index contributed by atoms with van der Waals surface area (Å²) in [6.45, 7) is 1.49. The summed E-state index contributed by atoms with van der Waals surface area (Å²) in [6, 6.07) is 16.2. The van der Waals surface area contributed by atoms with Crippen LogP contribution in [-0.4, -0.2) is 31.9 Å². The predicted octanol–water partition coefficient (Wildman–Crippen LogP) is 3.44. The van der Waals surface area contributed by atoms with Crippen molar-refractivity contribution >= 4 is 23.4 Å². The third-order valence-electron chi connectivity index (χ3n) is 4.52. The molecule has 0 aliphatic heterocycles. The van der Waals surface area contributed by atoms with Crippen molar-refractivity contribution < 1.29 is 4.79 Å². The molecule has 1 aliphatic carbocycles. The highest BCUT2D eigenvalue weighted by Crippen LogP contribution is 2.36. The van der Waals surface area contributed by atoms with Crippen molar-refractivity contribution in [2.45, 2.75) is 30.8 Å². The predicted molar refractivity (Wildman–Crippen MR) is 102 cm³/mol. The molecule has 1 amide bonds. The minimum atomic E-state index is -0.103. The van der Waals surface area contributed by atoms with E-state index in [1.165, 1.54) is 24.5 Å². The van der Waals surface area contributed by atoms with Gasteiger partial charge in [-0.1, -0.05) is 42.1 Å². The largest absolute Gasteiger partial charge is 0.326 e. The topological polar surface area (TPSA) is 72.7 Å². The lowest BCUT2D eigenvalue weighted by molar-refractivity contribution is -0.114. The van der Waals surface area contributed by atoms with Crippen molar-refractivity contribution in [3.05, 3.63) is 59.7 Å². The van der Waals surface area contributed by atoms with Crippen molar-refractivity contribution in [2.75, 3.05) is 11.1 Å². The second kappa shape index (κ2) is 7.29. The lowest BCUT2D eigenvalue weighted by Crippen LogP contribution is -2.07. The molecule has 0 fully saturated rings. The zero-order valence-electron chi connectivity index (χ0n) is 14.4. The standard InChI is InChI=1S/C19H19N5OS/c1-13(25)20-16-6-4-7-17(11-16)24-19(21-22-23-24)26-12-15-10-9-14-5-2-3-8-18(14)15/h2-8,11,15H,9-10,12H2,1H3,(H,20,25)/t15-/m1/s1. The van der Waals surface area contributed by atoms with E-state index in [2.05, 4.69) is 45.1 Å². The van der Waals surface area contributed by atoms with Gasteiger partial charge >= 0.3 is 0 Å². The number of amides is 1.